The number of fused-ring (bicyclic) bond motifs is 1. The molecule has 2 amide bonds. The monoisotopic (exact) mass is 393 g/mol. The fourth-order valence-corrected chi connectivity index (χ4v) is 3.88. The van der Waals surface area contributed by atoms with Crippen LogP contribution in [0.15, 0.2) is 27.6 Å². The van der Waals surface area contributed by atoms with Crippen molar-refractivity contribution in [2.75, 3.05) is 5.32 Å². The number of ether oxygens (including phenoxy) is 1. The average molecular weight is 393 g/mol. The maximum atomic E-state index is 12.7. The Morgan fingerprint density at radius 1 is 1.26 bits per heavy atom. The van der Waals surface area contributed by atoms with Crippen molar-refractivity contribution < 1.29 is 27.3 Å². The molecule has 3 rings (SSSR count). The first-order valence-electron chi connectivity index (χ1n) is 8.21. The Morgan fingerprint density at radius 3 is 2.56 bits per heavy atom. The van der Waals surface area contributed by atoms with Crippen molar-refractivity contribution in [1.82, 2.24) is 9.88 Å². The molecule has 1 aromatic heterocycles. The minimum atomic E-state index is -4.19. The standard InChI is InChI=1S/C17H19N3O6S/c1-8(2)15-17(22)18-11-5-9(3)14(7-12(11)25-15)27(23,24)20-16(21)13-6-10(4)19-26-13/h5-8,15H,1-4H3,(H,18,22)(H,20,21)/t15-/m0/s1. The molecule has 1 aliphatic rings. The highest BCUT2D eigenvalue weighted by molar-refractivity contribution is 7.90. The molecule has 144 valence electrons. The molecule has 0 spiro atoms. The Labute approximate surface area is 156 Å². The second-order valence-corrected chi connectivity index (χ2v) is 8.30. The Hall–Kier alpha value is -2.88. The number of benzene rings is 1. The molecular formula is C17H19N3O6S. The lowest BCUT2D eigenvalue weighted by Gasteiger charge is -2.29. The van der Waals surface area contributed by atoms with Gasteiger partial charge in [-0.05, 0) is 31.4 Å². The fraction of sp³-hybridized carbons (Fsp3) is 0.353. The first-order chi connectivity index (χ1) is 12.6. The van der Waals surface area contributed by atoms with Gasteiger partial charge in [0, 0.05) is 12.1 Å². The van der Waals surface area contributed by atoms with Crippen molar-refractivity contribution in [3.05, 3.63) is 35.2 Å². The van der Waals surface area contributed by atoms with Crippen LogP contribution in [0.2, 0.25) is 0 Å². The van der Waals surface area contributed by atoms with Crippen LogP contribution in [0, 0.1) is 19.8 Å². The second-order valence-electron chi connectivity index (χ2n) is 6.65. The summed E-state index contributed by atoms with van der Waals surface area (Å²) in [6, 6.07) is 4.11. The third kappa shape index (κ3) is 3.65. The molecule has 0 aliphatic carbocycles. The Bertz CT molecular complexity index is 1030. The van der Waals surface area contributed by atoms with Gasteiger partial charge in [0.25, 0.3) is 15.9 Å². The molecule has 10 heteroatoms. The number of amides is 2. The van der Waals surface area contributed by atoms with Gasteiger partial charge in [-0.1, -0.05) is 19.0 Å². The number of anilines is 1. The summed E-state index contributed by atoms with van der Waals surface area (Å²) >= 11 is 0. The lowest BCUT2D eigenvalue weighted by atomic mass is 10.0. The number of carbonyl (C=O) groups is 2. The molecule has 1 atom stereocenters. The van der Waals surface area contributed by atoms with Crippen LogP contribution in [0.3, 0.4) is 0 Å². The van der Waals surface area contributed by atoms with E-state index in [1.54, 1.807) is 13.8 Å². The summed E-state index contributed by atoms with van der Waals surface area (Å²) in [7, 11) is -4.19. The lowest BCUT2D eigenvalue weighted by molar-refractivity contribution is -0.125. The summed E-state index contributed by atoms with van der Waals surface area (Å²) in [6.45, 7) is 6.80. The fourth-order valence-electron chi connectivity index (χ4n) is 2.69. The topological polar surface area (TPSA) is 128 Å². The number of aromatic nitrogens is 1. The second kappa shape index (κ2) is 6.69. The van der Waals surface area contributed by atoms with Crippen LogP contribution in [-0.4, -0.2) is 31.5 Å². The predicted octanol–water partition coefficient (Wildman–Crippen LogP) is 1.77. The van der Waals surface area contributed by atoms with Gasteiger partial charge in [0.15, 0.2) is 6.10 Å². The number of aryl methyl sites for hydroxylation is 2. The van der Waals surface area contributed by atoms with Crippen LogP contribution >= 0.6 is 0 Å². The Balaban J connectivity index is 1.93. The van der Waals surface area contributed by atoms with Crippen LogP contribution in [0.5, 0.6) is 5.75 Å². The molecule has 0 bridgehead atoms. The zero-order valence-electron chi connectivity index (χ0n) is 15.2. The number of sulfonamides is 1. The van der Waals surface area contributed by atoms with Crippen LogP contribution < -0.4 is 14.8 Å². The van der Waals surface area contributed by atoms with E-state index in [1.807, 2.05) is 18.6 Å². The molecule has 0 fully saturated rings. The normalized spacial score (nSPS) is 16.5. The third-order valence-electron chi connectivity index (χ3n) is 4.02. The molecule has 27 heavy (non-hydrogen) atoms. The molecule has 9 nitrogen and oxygen atoms in total. The van der Waals surface area contributed by atoms with E-state index in [0.29, 0.717) is 16.9 Å². The van der Waals surface area contributed by atoms with Gasteiger partial charge < -0.3 is 14.6 Å². The Morgan fingerprint density at radius 2 is 1.96 bits per heavy atom. The van der Waals surface area contributed by atoms with Crippen LogP contribution in [0.1, 0.15) is 35.7 Å². The van der Waals surface area contributed by atoms with Crippen molar-refractivity contribution in [1.29, 1.82) is 0 Å². The molecule has 1 aromatic carbocycles. The molecule has 2 heterocycles. The highest BCUT2D eigenvalue weighted by atomic mass is 32.2. The summed E-state index contributed by atoms with van der Waals surface area (Å²) in [5.74, 6) is -1.31. The SMILES string of the molecule is Cc1cc(C(=O)NS(=O)(=O)c2cc3c(cc2C)NC(=O)[C@H](C(C)C)O3)on1. The van der Waals surface area contributed by atoms with Crippen LogP contribution in [0.4, 0.5) is 5.69 Å². The van der Waals surface area contributed by atoms with E-state index in [9.17, 15) is 18.0 Å². The first kappa shape index (κ1) is 18.9. The molecule has 0 unspecified atom stereocenters. The van der Waals surface area contributed by atoms with E-state index in [1.165, 1.54) is 18.2 Å². The summed E-state index contributed by atoms with van der Waals surface area (Å²) in [5.41, 5.74) is 1.17. The van der Waals surface area contributed by atoms with E-state index in [0.717, 1.165) is 0 Å². The van der Waals surface area contributed by atoms with Gasteiger partial charge in [0.1, 0.15) is 5.75 Å². The van der Waals surface area contributed by atoms with Gasteiger partial charge in [0.05, 0.1) is 16.3 Å². The van der Waals surface area contributed by atoms with Crippen molar-refractivity contribution in [2.24, 2.45) is 5.92 Å². The number of carbonyl (C=O) groups excluding carboxylic acids is 2. The molecule has 2 aromatic rings. The Kier molecular flexibility index (Phi) is 4.68. The maximum absolute atomic E-state index is 12.7. The van der Waals surface area contributed by atoms with Crippen molar-refractivity contribution in [3.63, 3.8) is 0 Å². The number of nitrogens with one attached hydrogen (secondary N) is 2. The van der Waals surface area contributed by atoms with Gasteiger partial charge in [-0.25, -0.2) is 13.1 Å². The third-order valence-corrected chi connectivity index (χ3v) is 5.49. The van der Waals surface area contributed by atoms with Gasteiger partial charge in [-0.2, -0.15) is 0 Å². The van der Waals surface area contributed by atoms with Crippen molar-refractivity contribution in [2.45, 2.75) is 38.7 Å². The van der Waals surface area contributed by atoms with E-state index in [-0.39, 0.29) is 28.2 Å². The molecule has 0 saturated carbocycles. The number of hydrogen-bond acceptors (Lipinski definition) is 7. The lowest BCUT2D eigenvalue weighted by Crippen LogP contribution is -2.40. The van der Waals surface area contributed by atoms with E-state index >= 15 is 0 Å². The number of hydrogen-bond donors (Lipinski definition) is 2. The first-order valence-corrected chi connectivity index (χ1v) is 9.69. The van der Waals surface area contributed by atoms with Crippen molar-refractivity contribution >= 4 is 27.5 Å². The van der Waals surface area contributed by atoms with Gasteiger partial charge in [-0.15, -0.1) is 0 Å². The van der Waals surface area contributed by atoms with Gasteiger partial charge in [0.2, 0.25) is 5.76 Å². The highest BCUT2D eigenvalue weighted by Gasteiger charge is 2.32. The van der Waals surface area contributed by atoms with E-state index in [2.05, 4.69) is 10.5 Å². The van der Waals surface area contributed by atoms with Gasteiger partial charge in [-0.3, -0.25) is 9.59 Å². The quantitative estimate of drug-likeness (QED) is 0.810. The van der Waals surface area contributed by atoms with Crippen LogP contribution in [-0.2, 0) is 14.8 Å². The number of rotatable bonds is 4. The minimum Gasteiger partial charge on any atom is -0.478 e. The van der Waals surface area contributed by atoms with Crippen molar-refractivity contribution in [3.8, 4) is 5.75 Å². The summed E-state index contributed by atoms with van der Waals surface area (Å²) in [5, 5.41) is 6.27. The molecular weight excluding hydrogens is 374 g/mol. The smallest absolute Gasteiger partial charge is 0.303 e. The minimum absolute atomic E-state index is 0.103. The van der Waals surface area contributed by atoms with E-state index in [4.69, 9.17) is 9.26 Å². The average Bonchev–Trinajstić information content (AvgIpc) is 2.99. The number of nitrogens with zero attached hydrogens (tertiary/aromatic N) is 1. The zero-order chi connectivity index (χ0) is 19.9. The predicted molar refractivity (Wildman–Crippen MR) is 95.0 cm³/mol. The molecule has 0 radical (unpaired) electrons. The molecule has 0 saturated heterocycles. The summed E-state index contributed by atoms with van der Waals surface area (Å²) in [6.07, 6.45) is -0.734. The molecule has 2 N–H and O–H groups in total. The summed E-state index contributed by atoms with van der Waals surface area (Å²) < 4.78 is 37.7. The maximum Gasteiger partial charge on any atom is 0.303 e. The van der Waals surface area contributed by atoms with E-state index < -0.39 is 22.0 Å². The zero-order valence-corrected chi connectivity index (χ0v) is 16.0. The van der Waals surface area contributed by atoms with Gasteiger partial charge >= 0.3 is 5.91 Å². The molecule has 1 aliphatic heterocycles. The highest BCUT2D eigenvalue weighted by Crippen LogP contribution is 2.35. The summed E-state index contributed by atoms with van der Waals surface area (Å²) in [4.78, 5) is 24.1. The van der Waals surface area contributed by atoms with Crippen LogP contribution in [0.25, 0.3) is 0 Å². The largest absolute Gasteiger partial charge is 0.478 e.